The van der Waals surface area contributed by atoms with Crippen LogP contribution in [-0.2, 0) is 33.5 Å². The number of carbonyl (C=O) groups is 3. The Morgan fingerprint density at radius 3 is 2.49 bits per heavy atom. The van der Waals surface area contributed by atoms with Gasteiger partial charge in [0.05, 0.1) is 23.6 Å². The Morgan fingerprint density at radius 2 is 1.91 bits per heavy atom. The number of carbonyl (C=O) groups excluding carboxylic acids is 3. The number of esters is 1. The van der Waals surface area contributed by atoms with Gasteiger partial charge in [-0.1, -0.05) is 30.8 Å². The minimum absolute atomic E-state index is 0.0272. The highest BCUT2D eigenvalue weighted by molar-refractivity contribution is 7.98. The molecule has 35 heavy (non-hydrogen) atoms. The van der Waals surface area contributed by atoms with E-state index in [9.17, 15) is 27.6 Å². The fraction of sp³-hybridized carbons (Fsp3) is 0.318. The third-order valence-corrected chi connectivity index (χ3v) is 5.62. The number of nitrogens with zero attached hydrogens (tertiary/aromatic N) is 3. The number of amides is 1. The number of hydrogen-bond acceptors (Lipinski definition) is 8. The standard InChI is InChI=1S/C22H21F3N4O5S/c1-4-13-15(17(31)18(26)32)16-19(27-21(35-3)28-20(16)34-10-14(30)33-2)29(13)9-11-6-5-7-12(8-11)22(23,24)25/h5-8H,4,9-10H2,1-3H3,(H2,26,32). The van der Waals surface area contributed by atoms with Crippen molar-refractivity contribution < 1.29 is 37.0 Å². The summed E-state index contributed by atoms with van der Waals surface area (Å²) < 4.78 is 51.4. The number of aromatic nitrogens is 3. The Kier molecular flexibility index (Phi) is 7.68. The van der Waals surface area contributed by atoms with E-state index in [4.69, 9.17) is 10.5 Å². The summed E-state index contributed by atoms with van der Waals surface area (Å²) in [6, 6.07) is 4.72. The molecule has 0 fully saturated rings. The van der Waals surface area contributed by atoms with Crippen molar-refractivity contribution in [3.05, 3.63) is 46.6 Å². The van der Waals surface area contributed by atoms with Crippen LogP contribution in [0.3, 0.4) is 0 Å². The molecule has 9 nitrogen and oxygen atoms in total. The third kappa shape index (κ3) is 5.39. The van der Waals surface area contributed by atoms with Crippen LogP contribution in [0.2, 0.25) is 0 Å². The van der Waals surface area contributed by atoms with E-state index in [0.717, 1.165) is 31.0 Å². The fourth-order valence-electron chi connectivity index (χ4n) is 3.55. The van der Waals surface area contributed by atoms with Crippen molar-refractivity contribution >= 4 is 40.5 Å². The molecule has 186 valence electrons. The number of ketones is 1. The summed E-state index contributed by atoms with van der Waals surface area (Å²) in [5.41, 5.74) is 5.04. The summed E-state index contributed by atoms with van der Waals surface area (Å²) in [5.74, 6) is -3.17. The second-order valence-corrected chi connectivity index (χ2v) is 8.01. The van der Waals surface area contributed by atoms with Crippen LogP contribution < -0.4 is 10.5 Å². The number of hydrogen-bond donors (Lipinski definition) is 1. The number of primary amides is 1. The van der Waals surface area contributed by atoms with Crippen LogP contribution in [0, 0.1) is 0 Å². The molecule has 2 aromatic heterocycles. The van der Waals surface area contributed by atoms with Crippen LogP contribution in [0.5, 0.6) is 5.88 Å². The fourth-order valence-corrected chi connectivity index (χ4v) is 3.90. The van der Waals surface area contributed by atoms with Crippen LogP contribution in [0.25, 0.3) is 11.0 Å². The molecular formula is C22H21F3N4O5S. The second kappa shape index (κ2) is 10.3. The van der Waals surface area contributed by atoms with Gasteiger partial charge in [0.1, 0.15) is 5.65 Å². The lowest BCUT2D eigenvalue weighted by molar-refractivity contribution is -0.143. The van der Waals surface area contributed by atoms with E-state index in [1.165, 1.54) is 16.7 Å². The Labute approximate surface area is 201 Å². The summed E-state index contributed by atoms with van der Waals surface area (Å²) in [5, 5.41) is 0.236. The van der Waals surface area contributed by atoms with Gasteiger partial charge < -0.3 is 19.8 Å². The molecule has 13 heteroatoms. The predicted octanol–water partition coefficient (Wildman–Crippen LogP) is 3.00. The number of thioether (sulfide) groups is 1. The first-order valence-electron chi connectivity index (χ1n) is 10.2. The lowest BCUT2D eigenvalue weighted by Crippen LogP contribution is -2.24. The zero-order chi connectivity index (χ0) is 25.9. The van der Waals surface area contributed by atoms with Crippen molar-refractivity contribution in [1.82, 2.24) is 14.5 Å². The summed E-state index contributed by atoms with van der Waals surface area (Å²) in [4.78, 5) is 45.0. The maximum Gasteiger partial charge on any atom is 0.416 e. The first-order chi connectivity index (χ1) is 16.5. The van der Waals surface area contributed by atoms with Gasteiger partial charge in [-0.25, -0.2) is 9.78 Å². The minimum Gasteiger partial charge on any atom is -0.466 e. The molecule has 0 aliphatic heterocycles. The number of benzene rings is 1. The lowest BCUT2D eigenvalue weighted by Gasteiger charge is -2.13. The smallest absolute Gasteiger partial charge is 0.416 e. The van der Waals surface area contributed by atoms with Crippen molar-refractivity contribution in [3.8, 4) is 5.88 Å². The zero-order valence-electron chi connectivity index (χ0n) is 18.9. The average molecular weight is 510 g/mol. The van der Waals surface area contributed by atoms with Crippen LogP contribution in [0.1, 0.15) is 34.1 Å². The van der Waals surface area contributed by atoms with E-state index < -0.39 is 36.0 Å². The molecule has 1 aromatic carbocycles. The molecule has 0 aliphatic carbocycles. The van der Waals surface area contributed by atoms with Gasteiger partial charge in [0, 0.05) is 12.2 Å². The van der Waals surface area contributed by atoms with E-state index in [-0.39, 0.29) is 46.2 Å². The van der Waals surface area contributed by atoms with Gasteiger partial charge in [0.2, 0.25) is 5.88 Å². The highest BCUT2D eigenvalue weighted by Crippen LogP contribution is 2.35. The molecule has 0 atom stereocenters. The van der Waals surface area contributed by atoms with E-state index in [1.807, 2.05) is 0 Å². The Hall–Kier alpha value is -3.61. The van der Waals surface area contributed by atoms with Gasteiger partial charge in [0.15, 0.2) is 11.8 Å². The van der Waals surface area contributed by atoms with Crippen LogP contribution in [0.15, 0.2) is 29.4 Å². The maximum atomic E-state index is 13.3. The number of alkyl halides is 3. The largest absolute Gasteiger partial charge is 0.466 e. The van der Waals surface area contributed by atoms with Crippen molar-refractivity contribution in [2.24, 2.45) is 5.73 Å². The molecule has 2 N–H and O–H groups in total. The molecule has 0 radical (unpaired) electrons. The molecule has 0 unspecified atom stereocenters. The predicted molar refractivity (Wildman–Crippen MR) is 120 cm³/mol. The van der Waals surface area contributed by atoms with Crippen molar-refractivity contribution in [2.75, 3.05) is 20.0 Å². The molecule has 0 aliphatic rings. The summed E-state index contributed by atoms with van der Waals surface area (Å²) in [7, 11) is 1.16. The van der Waals surface area contributed by atoms with Crippen LogP contribution >= 0.6 is 11.8 Å². The summed E-state index contributed by atoms with van der Waals surface area (Å²) in [6.45, 7) is 1.06. The van der Waals surface area contributed by atoms with E-state index >= 15 is 0 Å². The summed E-state index contributed by atoms with van der Waals surface area (Å²) >= 11 is 1.14. The highest BCUT2D eigenvalue weighted by atomic mass is 32.2. The van der Waals surface area contributed by atoms with Crippen LogP contribution in [-0.4, -0.2) is 52.2 Å². The Morgan fingerprint density at radius 1 is 1.20 bits per heavy atom. The SMILES string of the molecule is CCc1c(C(=O)C(N)=O)c2c(OCC(=O)OC)nc(SC)nc2n1Cc1cccc(C(F)(F)F)c1. The first-order valence-corrected chi connectivity index (χ1v) is 11.4. The Balaban J connectivity index is 2.31. The monoisotopic (exact) mass is 510 g/mol. The molecule has 0 saturated heterocycles. The maximum absolute atomic E-state index is 13.3. The molecule has 0 bridgehead atoms. The van der Waals surface area contributed by atoms with Gasteiger partial charge in [0.25, 0.3) is 11.7 Å². The van der Waals surface area contributed by atoms with Crippen molar-refractivity contribution in [3.63, 3.8) is 0 Å². The zero-order valence-corrected chi connectivity index (χ0v) is 19.7. The van der Waals surface area contributed by atoms with E-state index in [0.29, 0.717) is 5.69 Å². The number of halogens is 3. The minimum atomic E-state index is -4.54. The normalized spacial score (nSPS) is 11.5. The molecule has 0 spiro atoms. The first kappa shape index (κ1) is 26.0. The number of Topliss-reactive ketones (excluding diaryl/α,β-unsaturated/α-hetero) is 1. The van der Waals surface area contributed by atoms with E-state index in [1.54, 1.807) is 13.2 Å². The summed E-state index contributed by atoms with van der Waals surface area (Å²) in [6.07, 6.45) is -2.66. The quantitative estimate of drug-likeness (QED) is 0.153. The molecule has 3 aromatic rings. The number of rotatable bonds is 9. The van der Waals surface area contributed by atoms with Crippen LogP contribution in [0.4, 0.5) is 13.2 Å². The topological polar surface area (TPSA) is 126 Å². The number of nitrogens with two attached hydrogens (primary N) is 1. The van der Waals surface area contributed by atoms with E-state index in [2.05, 4.69) is 14.7 Å². The van der Waals surface area contributed by atoms with Gasteiger partial charge in [-0.05, 0) is 30.4 Å². The number of ether oxygens (including phenoxy) is 2. The number of methoxy groups -OCH3 is 1. The van der Waals surface area contributed by atoms with Gasteiger partial charge >= 0.3 is 12.1 Å². The molecule has 2 heterocycles. The van der Waals surface area contributed by atoms with Crippen molar-refractivity contribution in [1.29, 1.82) is 0 Å². The van der Waals surface area contributed by atoms with Crippen molar-refractivity contribution in [2.45, 2.75) is 31.2 Å². The third-order valence-electron chi connectivity index (χ3n) is 5.07. The van der Waals surface area contributed by atoms with Gasteiger partial charge in [-0.2, -0.15) is 18.2 Å². The number of fused-ring (bicyclic) bond motifs is 1. The molecule has 3 rings (SSSR count). The average Bonchev–Trinajstić information content (AvgIpc) is 3.14. The Bertz CT molecular complexity index is 1310. The highest BCUT2D eigenvalue weighted by Gasteiger charge is 2.32. The molecule has 1 amide bonds. The van der Waals surface area contributed by atoms with Gasteiger partial charge in [-0.15, -0.1) is 0 Å². The second-order valence-electron chi connectivity index (χ2n) is 7.23. The molecular weight excluding hydrogens is 489 g/mol. The lowest BCUT2D eigenvalue weighted by atomic mass is 10.1. The molecule has 0 saturated carbocycles. The van der Waals surface area contributed by atoms with Gasteiger partial charge in [-0.3, -0.25) is 9.59 Å².